The molecule has 0 atom stereocenters. The molecular formula is C18H19NO2S. The molecule has 4 heteroatoms. The molecule has 22 heavy (non-hydrogen) atoms. The molecule has 0 spiro atoms. The summed E-state index contributed by atoms with van der Waals surface area (Å²) in [6.45, 7) is 5.55. The first kappa shape index (κ1) is 16.3. The second-order valence-electron chi connectivity index (χ2n) is 5.24. The van der Waals surface area contributed by atoms with E-state index in [0.717, 1.165) is 16.1 Å². The summed E-state index contributed by atoms with van der Waals surface area (Å²) in [5.74, 6) is 0.351. The molecule has 0 unspecified atom stereocenters. The lowest BCUT2D eigenvalue weighted by Crippen LogP contribution is -2.14. The molecule has 0 saturated carbocycles. The van der Waals surface area contributed by atoms with Crippen molar-refractivity contribution < 1.29 is 9.59 Å². The summed E-state index contributed by atoms with van der Waals surface area (Å²) in [4.78, 5) is 24.2. The predicted octanol–water partition coefficient (Wildman–Crippen LogP) is 4.24. The number of anilines is 1. The number of aryl methyl sites for hydroxylation is 2. The second-order valence-corrected chi connectivity index (χ2v) is 6.28. The number of rotatable bonds is 5. The van der Waals surface area contributed by atoms with E-state index in [1.54, 1.807) is 19.1 Å². The van der Waals surface area contributed by atoms with E-state index in [2.05, 4.69) is 5.32 Å². The number of nitrogens with one attached hydrogen (secondary N) is 1. The van der Waals surface area contributed by atoms with Crippen molar-refractivity contribution in [3.63, 3.8) is 0 Å². The average Bonchev–Trinajstić information content (AvgIpc) is 2.48. The number of amides is 1. The monoisotopic (exact) mass is 313 g/mol. The molecule has 114 valence electrons. The van der Waals surface area contributed by atoms with Crippen LogP contribution in [0.4, 0.5) is 5.69 Å². The van der Waals surface area contributed by atoms with E-state index in [4.69, 9.17) is 0 Å². The Morgan fingerprint density at radius 1 is 1.05 bits per heavy atom. The first-order valence-corrected chi connectivity index (χ1v) is 8.05. The second kappa shape index (κ2) is 7.27. The van der Waals surface area contributed by atoms with Gasteiger partial charge in [-0.05, 0) is 44.5 Å². The van der Waals surface area contributed by atoms with Gasteiger partial charge < -0.3 is 5.32 Å². The minimum Gasteiger partial charge on any atom is -0.325 e. The Morgan fingerprint density at radius 2 is 1.73 bits per heavy atom. The van der Waals surface area contributed by atoms with Gasteiger partial charge in [0.05, 0.1) is 5.75 Å². The molecular weight excluding hydrogens is 294 g/mol. The lowest BCUT2D eigenvalue weighted by Gasteiger charge is -2.09. The lowest BCUT2D eigenvalue weighted by molar-refractivity contribution is -0.113. The fourth-order valence-corrected chi connectivity index (χ4v) is 2.77. The zero-order valence-corrected chi connectivity index (χ0v) is 13.8. The van der Waals surface area contributed by atoms with Gasteiger partial charge in [0.15, 0.2) is 5.78 Å². The van der Waals surface area contributed by atoms with Crippen molar-refractivity contribution in [1.82, 2.24) is 0 Å². The van der Waals surface area contributed by atoms with Crippen molar-refractivity contribution in [3.05, 3.63) is 59.2 Å². The van der Waals surface area contributed by atoms with E-state index in [1.807, 2.05) is 44.2 Å². The smallest absolute Gasteiger partial charge is 0.234 e. The van der Waals surface area contributed by atoms with Gasteiger partial charge in [-0.3, -0.25) is 9.59 Å². The van der Waals surface area contributed by atoms with Crippen molar-refractivity contribution in [2.45, 2.75) is 25.7 Å². The van der Waals surface area contributed by atoms with Crippen molar-refractivity contribution in [1.29, 1.82) is 0 Å². The van der Waals surface area contributed by atoms with Gasteiger partial charge in [0, 0.05) is 16.1 Å². The maximum absolute atomic E-state index is 12.0. The number of ketones is 1. The molecule has 0 saturated heterocycles. The lowest BCUT2D eigenvalue weighted by atomic mass is 10.1. The number of benzene rings is 2. The predicted molar refractivity (Wildman–Crippen MR) is 91.7 cm³/mol. The SMILES string of the molecule is CC(=O)c1ccc(SCC(=O)Nc2ccc(C)cc2C)cc1. The highest BCUT2D eigenvalue weighted by molar-refractivity contribution is 8.00. The minimum atomic E-state index is -0.0346. The van der Waals surface area contributed by atoms with Crippen LogP contribution in [0.1, 0.15) is 28.4 Å². The Labute approximate surface area is 135 Å². The number of Topliss-reactive ketones (excluding diaryl/α,β-unsaturated/α-hetero) is 1. The van der Waals surface area contributed by atoms with Crippen LogP contribution in [-0.4, -0.2) is 17.4 Å². The van der Waals surface area contributed by atoms with Crippen molar-refractivity contribution in [2.75, 3.05) is 11.1 Å². The number of carbonyl (C=O) groups is 2. The fraction of sp³-hybridized carbons (Fsp3) is 0.222. The molecule has 1 amide bonds. The maximum atomic E-state index is 12.0. The first-order valence-electron chi connectivity index (χ1n) is 7.06. The first-order chi connectivity index (χ1) is 10.5. The van der Waals surface area contributed by atoms with Crippen LogP contribution in [0.5, 0.6) is 0 Å². The maximum Gasteiger partial charge on any atom is 0.234 e. The summed E-state index contributed by atoms with van der Waals surface area (Å²) < 4.78 is 0. The highest BCUT2D eigenvalue weighted by Gasteiger charge is 2.06. The average molecular weight is 313 g/mol. The molecule has 0 aliphatic rings. The number of carbonyl (C=O) groups excluding carboxylic acids is 2. The van der Waals surface area contributed by atoms with E-state index < -0.39 is 0 Å². The zero-order valence-electron chi connectivity index (χ0n) is 13.0. The number of thioether (sulfide) groups is 1. The topological polar surface area (TPSA) is 46.2 Å². The van der Waals surface area contributed by atoms with E-state index >= 15 is 0 Å². The third-order valence-electron chi connectivity index (χ3n) is 3.29. The summed E-state index contributed by atoms with van der Waals surface area (Å²) >= 11 is 1.45. The molecule has 0 aliphatic carbocycles. The van der Waals surface area contributed by atoms with E-state index in [-0.39, 0.29) is 11.7 Å². The van der Waals surface area contributed by atoms with Gasteiger partial charge in [-0.1, -0.05) is 29.8 Å². The molecule has 3 nitrogen and oxygen atoms in total. The highest BCUT2D eigenvalue weighted by atomic mass is 32.2. The number of hydrogen-bond donors (Lipinski definition) is 1. The molecule has 0 aliphatic heterocycles. The quantitative estimate of drug-likeness (QED) is 0.663. The van der Waals surface area contributed by atoms with Crippen LogP contribution in [0.3, 0.4) is 0 Å². The van der Waals surface area contributed by atoms with Crippen LogP contribution in [0.2, 0.25) is 0 Å². The van der Waals surface area contributed by atoms with Crippen molar-refractivity contribution in [3.8, 4) is 0 Å². The van der Waals surface area contributed by atoms with Gasteiger partial charge in [0.25, 0.3) is 0 Å². The van der Waals surface area contributed by atoms with Crippen LogP contribution in [0.25, 0.3) is 0 Å². The summed E-state index contributed by atoms with van der Waals surface area (Å²) in [5.41, 5.74) is 3.77. The Bertz CT molecular complexity index is 693. The van der Waals surface area contributed by atoms with Crippen LogP contribution < -0.4 is 5.32 Å². The Balaban J connectivity index is 1.91. The van der Waals surface area contributed by atoms with Gasteiger partial charge in [-0.25, -0.2) is 0 Å². The molecule has 0 fully saturated rings. The van der Waals surface area contributed by atoms with Crippen molar-refractivity contribution in [2.24, 2.45) is 0 Å². The molecule has 0 heterocycles. The molecule has 0 bridgehead atoms. The molecule has 2 rings (SSSR count). The van der Waals surface area contributed by atoms with Gasteiger partial charge in [-0.2, -0.15) is 0 Å². The summed E-state index contributed by atoms with van der Waals surface area (Å²) in [6, 6.07) is 13.3. The van der Waals surface area contributed by atoms with E-state index in [9.17, 15) is 9.59 Å². The van der Waals surface area contributed by atoms with Gasteiger partial charge >= 0.3 is 0 Å². The Kier molecular flexibility index (Phi) is 5.39. The van der Waals surface area contributed by atoms with Gasteiger partial charge in [-0.15, -0.1) is 11.8 Å². The Morgan fingerprint density at radius 3 is 2.32 bits per heavy atom. The molecule has 1 N–H and O–H groups in total. The van der Waals surface area contributed by atoms with Gasteiger partial charge in [0.1, 0.15) is 0 Å². The largest absolute Gasteiger partial charge is 0.325 e. The standard InChI is InChI=1S/C18H19NO2S/c1-12-4-9-17(13(2)10-12)19-18(21)11-22-16-7-5-15(6-8-16)14(3)20/h4-10H,11H2,1-3H3,(H,19,21). The van der Waals surface area contributed by atoms with Crippen LogP contribution in [0.15, 0.2) is 47.4 Å². The molecule has 2 aromatic rings. The van der Waals surface area contributed by atoms with Crippen LogP contribution in [-0.2, 0) is 4.79 Å². The van der Waals surface area contributed by atoms with E-state index in [0.29, 0.717) is 11.3 Å². The summed E-state index contributed by atoms with van der Waals surface area (Å²) in [7, 11) is 0. The third kappa shape index (κ3) is 4.46. The Hall–Kier alpha value is -2.07. The van der Waals surface area contributed by atoms with E-state index in [1.165, 1.54) is 17.3 Å². The third-order valence-corrected chi connectivity index (χ3v) is 4.30. The molecule has 0 aromatic heterocycles. The molecule has 0 radical (unpaired) electrons. The summed E-state index contributed by atoms with van der Waals surface area (Å²) in [5, 5.41) is 2.92. The fourth-order valence-electron chi connectivity index (χ4n) is 2.07. The minimum absolute atomic E-state index is 0.0346. The molecule has 2 aromatic carbocycles. The highest BCUT2D eigenvalue weighted by Crippen LogP contribution is 2.20. The van der Waals surface area contributed by atoms with Gasteiger partial charge in [0.2, 0.25) is 5.91 Å². The van der Waals surface area contributed by atoms with Crippen LogP contribution >= 0.6 is 11.8 Å². The zero-order chi connectivity index (χ0) is 16.1. The van der Waals surface area contributed by atoms with Crippen LogP contribution in [0, 0.1) is 13.8 Å². The normalized spacial score (nSPS) is 10.3. The summed E-state index contributed by atoms with van der Waals surface area (Å²) in [6.07, 6.45) is 0. The van der Waals surface area contributed by atoms with Crippen molar-refractivity contribution >= 4 is 29.1 Å². The number of hydrogen-bond acceptors (Lipinski definition) is 3.